The number of nitrogens with one attached hydrogen (secondary N) is 1. The molecule has 1 aliphatic rings. The van der Waals surface area contributed by atoms with E-state index in [0.29, 0.717) is 0 Å². The lowest BCUT2D eigenvalue weighted by Crippen LogP contribution is -2.17. The van der Waals surface area contributed by atoms with Gasteiger partial charge < -0.3 is 10.1 Å². The molecule has 2 heterocycles. The normalized spacial score (nSPS) is 13.1. The Kier molecular flexibility index (Phi) is 3.92. The van der Waals surface area contributed by atoms with Crippen LogP contribution in [0.15, 0.2) is 30.6 Å². The third-order valence-electron chi connectivity index (χ3n) is 3.48. The topological polar surface area (TPSA) is 47.0 Å². The van der Waals surface area contributed by atoms with Crippen LogP contribution >= 0.6 is 0 Å². The second kappa shape index (κ2) is 6.01. The quantitative estimate of drug-likeness (QED) is 0.844. The van der Waals surface area contributed by atoms with E-state index in [1.165, 1.54) is 11.1 Å². The molecule has 104 valence electrons. The number of hydrogen-bond acceptors (Lipinski definition) is 4. The number of aromatic nitrogens is 2. The van der Waals surface area contributed by atoms with Crippen LogP contribution in [0.25, 0.3) is 0 Å². The van der Waals surface area contributed by atoms with E-state index in [1.54, 1.807) is 6.20 Å². The lowest BCUT2D eigenvalue weighted by atomic mass is 10.1. The summed E-state index contributed by atoms with van der Waals surface area (Å²) in [5, 5.41) is 3.40. The minimum absolute atomic E-state index is 0.765. The van der Waals surface area contributed by atoms with E-state index in [1.807, 2.05) is 13.1 Å². The zero-order chi connectivity index (χ0) is 13.8. The Labute approximate surface area is 119 Å². The molecule has 0 saturated carbocycles. The molecule has 0 fully saturated rings. The van der Waals surface area contributed by atoms with Gasteiger partial charge in [0.1, 0.15) is 5.75 Å². The van der Waals surface area contributed by atoms with Gasteiger partial charge in [-0.15, -0.1) is 0 Å². The molecule has 0 radical (unpaired) electrons. The highest BCUT2D eigenvalue weighted by Gasteiger charge is 2.11. The van der Waals surface area contributed by atoms with Crippen molar-refractivity contribution in [2.75, 3.05) is 13.2 Å². The maximum Gasteiger partial charge on any atom is 0.122 e. The Morgan fingerprint density at radius 2 is 2.20 bits per heavy atom. The van der Waals surface area contributed by atoms with Crippen molar-refractivity contribution in [2.45, 2.75) is 26.3 Å². The van der Waals surface area contributed by atoms with Crippen LogP contribution in [-0.2, 0) is 19.4 Å². The van der Waals surface area contributed by atoms with E-state index in [9.17, 15) is 0 Å². The Bertz CT molecular complexity index is 581. The molecule has 2 aromatic rings. The number of fused-ring (bicyclic) bond motifs is 1. The molecule has 0 saturated heterocycles. The second-order valence-electron chi connectivity index (χ2n) is 5.12. The summed E-state index contributed by atoms with van der Waals surface area (Å²) < 4.78 is 5.52. The predicted octanol–water partition coefficient (Wildman–Crippen LogP) is 2.05. The van der Waals surface area contributed by atoms with Crippen LogP contribution in [0.5, 0.6) is 5.75 Å². The van der Waals surface area contributed by atoms with Crippen LogP contribution in [0.2, 0.25) is 0 Å². The van der Waals surface area contributed by atoms with E-state index >= 15 is 0 Å². The van der Waals surface area contributed by atoms with E-state index < -0.39 is 0 Å². The Morgan fingerprint density at radius 1 is 1.25 bits per heavy atom. The maximum atomic E-state index is 5.52. The first-order valence-electron chi connectivity index (χ1n) is 7.04. The fourth-order valence-electron chi connectivity index (χ4n) is 2.36. The zero-order valence-electron chi connectivity index (χ0n) is 11.7. The van der Waals surface area contributed by atoms with Crippen molar-refractivity contribution in [3.63, 3.8) is 0 Å². The molecule has 3 rings (SSSR count). The lowest BCUT2D eigenvalue weighted by Gasteiger charge is -2.06. The minimum atomic E-state index is 0.765. The van der Waals surface area contributed by atoms with Crippen molar-refractivity contribution >= 4 is 0 Å². The van der Waals surface area contributed by atoms with E-state index in [2.05, 4.69) is 33.5 Å². The van der Waals surface area contributed by atoms with Gasteiger partial charge in [-0.05, 0) is 37.1 Å². The Morgan fingerprint density at radius 3 is 3.05 bits per heavy atom. The molecule has 0 aliphatic carbocycles. The molecule has 0 amide bonds. The van der Waals surface area contributed by atoms with Crippen LogP contribution in [0, 0.1) is 6.92 Å². The highest BCUT2D eigenvalue weighted by molar-refractivity contribution is 5.39. The summed E-state index contributed by atoms with van der Waals surface area (Å²) in [7, 11) is 0. The smallest absolute Gasteiger partial charge is 0.122 e. The third kappa shape index (κ3) is 3.14. The molecule has 1 aromatic heterocycles. The Hall–Kier alpha value is -1.94. The summed E-state index contributed by atoms with van der Waals surface area (Å²) in [5.74, 6) is 1.05. The van der Waals surface area contributed by atoms with Gasteiger partial charge in [-0.3, -0.25) is 9.97 Å². The van der Waals surface area contributed by atoms with Crippen molar-refractivity contribution < 1.29 is 4.74 Å². The number of nitrogens with zero attached hydrogens (tertiary/aromatic N) is 2. The highest BCUT2D eigenvalue weighted by Crippen LogP contribution is 2.25. The average Bonchev–Trinajstić information content (AvgIpc) is 2.93. The van der Waals surface area contributed by atoms with Crippen LogP contribution in [0.4, 0.5) is 0 Å². The molecule has 1 N–H and O–H groups in total. The first kappa shape index (κ1) is 13.1. The molecule has 0 spiro atoms. The van der Waals surface area contributed by atoms with Gasteiger partial charge in [-0.1, -0.05) is 12.1 Å². The van der Waals surface area contributed by atoms with Crippen molar-refractivity contribution in [1.82, 2.24) is 15.3 Å². The lowest BCUT2D eigenvalue weighted by molar-refractivity contribution is 0.357. The van der Waals surface area contributed by atoms with Crippen LogP contribution in [-0.4, -0.2) is 23.1 Å². The minimum Gasteiger partial charge on any atom is -0.493 e. The SMILES string of the molecule is Cc1cnc(CNCCc2ccc3c(c2)CCO3)cn1. The molecule has 0 unspecified atom stereocenters. The molecule has 0 atom stereocenters. The van der Waals surface area contributed by atoms with Crippen LogP contribution in [0.3, 0.4) is 0 Å². The third-order valence-corrected chi connectivity index (χ3v) is 3.48. The number of ether oxygens (including phenoxy) is 1. The molecule has 4 heteroatoms. The van der Waals surface area contributed by atoms with Gasteiger partial charge in [0.2, 0.25) is 0 Å². The van der Waals surface area contributed by atoms with Gasteiger partial charge >= 0.3 is 0 Å². The zero-order valence-corrected chi connectivity index (χ0v) is 11.7. The molecule has 1 aliphatic heterocycles. The number of aryl methyl sites for hydroxylation is 1. The van der Waals surface area contributed by atoms with Crippen molar-refractivity contribution in [3.8, 4) is 5.75 Å². The van der Waals surface area contributed by atoms with Gasteiger partial charge in [0.15, 0.2) is 0 Å². The average molecular weight is 269 g/mol. The molecule has 4 nitrogen and oxygen atoms in total. The molecule has 20 heavy (non-hydrogen) atoms. The first-order valence-corrected chi connectivity index (χ1v) is 7.04. The molecular weight excluding hydrogens is 250 g/mol. The summed E-state index contributed by atoms with van der Waals surface area (Å²) in [6.07, 6.45) is 5.69. The standard InChI is InChI=1S/C16H19N3O/c1-12-9-19-15(11-18-12)10-17-6-4-13-2-3-16-14(8-13)5-7-20-16/h2-3,8-9,11,17H,4-7,10H2,1H3. The summed E-state index contributed by atoms with van der Waals surface area (Å²) in [5.41, 5.74) is 4.63. The van der Waals surface area contributed by atoms with Crippen molar-refractivity contribution in [3.05, 3.63) is 53.1 Å². The van der Waals surface area contributed by atoms with Gasteiger partial charge in [-0.25, -0.2) is 0 Å². The largest absolute Gasteiger partial charge is 0.493 e. The molecule has 0 bridgehead atoms. The number of benzene rings is 1. The predicted molar refractivity (Wildman–Crippen MR) is 77.8 cm³/mol. The van der Waals surface area contributed by atoms with Gasteiger partial charge in [-0.2, -0.15) is 0 Å². The maximum absolute atomic E-state index is 5.52. The van der Waals surface area contributed by atoms with Gasteiger partial charge in [0.25, 0.3) is 0 Å². The van der Waals surface area contributed by atoms with Crippen LogP contribution in [0.1, 0.15) is 22.5 Å². The van der Waals surface area contributed by atoms with Crippen molar-refractivity contribution in [2.24, 2.45) is 0 Å². The van der Waals surface area contributed by atoms with E-state index in [-0.39, 0.29) is 0 Å². The fraction of sp³-hybridized carbons (Fsp3) is 0.375. The summed E-state index contributed by atoms with van der Waals surface area (Å²) >= 11 is 0. The highest BCUT2D eigenvalue weighted by atomic mass is 16.5. The van der Waals surface area contributed by atoms with E-state index in [4.69, 9.17) is 4.74 Å². The monoisotopic (exact) mass is 269 g/mol. The number of hydrogen-bond donors (Lipinski definition) is 1. The first-order chi connectivity index (χ1) is 9.81. The molecule has 1 aromatic carbocycles. The van der Waals surface area contributed by atoms with E-state index in [0.717, 1.165) is 49.7 Å². The van der Waals surface area contributed by atoms with Gasteiger partial charge in [0.05, 0.1) is 18.0 Å². The summed E-state index contributed by atoms with van der Waals surface area (Å²) in [6.45, 7) is 4.47. The fourth-order valence-corrected chi connectivity index (χ4v) is 2.36. The second-order valence-corrected chi connectivity index (χ2v) is 5.12. The van der Waals surface area contributed by atoms with Crippen LogP contribution < -0.4 is 10.1 Å². The Balaban J connectivity index is 1.47. The van der Waals surface area contributed by atoms with Crippen molar-refractivity contribution in [1.29, 1.82) is 0 Å². The summed E-state index contributed by atoms with van der Waals surface area (Å²) in [6, 6.07) is 6.50. The summed E-state index contributed by atoms with van der Waals surface area (Å²) in [4.78, 5) is 8.57. The van der Waals surface area contributed by atoms with Gasteiger partial charge in [0, 0.05) is 25.4 Å². The molecular formula is C16H19N3O. The number of rotatable bonds is 5.